The zero-order valence-corrected chi connectivity index (χ0v) is 35.3. The van der Waals surface area contributed by atoms with Gasteiger partial charge in [-0.05, 0) is 126 Å². The number of hydrogen-bond acceptors (Lipinski definition) is 2. The molecule has 2 nitrogen and oxygen atoms in total. The Labute approximate surface area is 359 Å². The average Bonchev–Trinajstić information content (AvgIpc) is 3.32. The van der Waals surface area contributed by atoms with Gasteiger partial charge in [-0.3, -0.25) is 0 Å². The van der Waals surface area contributed by atoms with E-state index >= 15 is 0 Å². The molecule has 0 amide bonds. The summed E-state index contributed by atoms with van der Waals surface area (Å²) in [6.45, 7) is 5.06. The summed E-state index contributed by atoms with van der Waals surface area (Å²) in [5.74, 6) is 0. The molecule has 3 heteroatoms. The summed E-state index contributed by atoms with van der Waals surface area (Å²) in [7, 11) is -2.17. The molecule has 0 radical (unpaired) electrons. The normalized spacial score (nSPS) is 12.6. The van der Waals surface area contributed by atoms with E-state index in [4.69, 9.17) is 0 Å². The fraction of sp³-hybridized carbons (Fsp3) is 0.0345. The van der Waals surface area contributed by atoms with Crippen LogP contribution in [0.3, 0.4) is 0 Å². The molecule has 1 aliphatic heterocycles. The van der Waals surface area contributed by atoms with E-state index in [1.807, 2.05) is 0 Å². The lowest BCUT2D eigenvalue weighted by Gasteiger charge is -2.35. The van der Waals surface area contributed by atoms with Crippen LogP contribution in [0, 0.1) is 0 Å². The van der Waals surface area contributed by atoms with Crippen molar-refractivity contribution in [3.63, 3.8) is 0 Å². The van der Waals surface area contributed by atoms with E-state index in [0.717, 1.165) is 28.4 Å². The van der Waals surface area contributed by atoms with E-state index < -0.39 is 8.07 Å². The smallest absolute Gasteiger partial charge is 0.113 e. The highest BCUT2D eigenvalue weighted by atomic mass is 28.3. The zero-order valence-electron chi connectivity index (χ0n) is 34.3. The molecule has 10 aromatic rings. The summed E-state index contributed by atoms with van der Waals surface area (Å²) in [6.07, 6.45) is 0. The van der Waals surface area contributed by atoms with E-state index in [-0.39, 0.29) is 0 Å². The van der Waals surface area contributed by atoms with Crippen molar-refractivity contribution in [3.05, 3.63) is 231 Å². The molecular weight excluding hydrogens is 753 g/mol. The maximum Gasteiger partial charge on any atom is 0.113 e. The lowest BCUT2D eigenvalue weighted by Crippen LogP contribution is -2.56. The Kier molecular flexibility index (Phi) is 8.98. The first-order valence-electron chi connectivity index (χ1n) is 21.2. The second-order valence-electron chi connectivity index (χ2n) is 16.5. The molecule has 0 spiro atoms. The maximum atomic E-state index is 2.53. The highest BCUT2D eigenvalue weighted by molar-refractivity contribution is 7.03. The van der Waals surface area contributed by atoms with Crippen molar-refractivity contribution in [3.8, 4) is 33.4 Å². The lowest BCUT2D eigenvalue weighted by atomic mass is 9.91. The van der Waals surface area contributed by atoms with Gasteiger partial charge in [0.05, 0.1) is 5.69 Å². The van der Waals surface area contributed by atoms with Crippen molar-refractivity contribution in [2.45, 2.75) is 13.1 Å². The Morgan fingerprint density at radius 3 is 1.61 bits per heavy atom. The van der Waals surface area contributed by atoms with Crippen molar-refractivity contribution < 1.29 is 0 Å². The minimum absolute atomic E-state index is 1.12. The quantitative estimate of drug-likeness (QED) is 0.141. The molecule has 11 rings (SSSR count). The van der Waals surface area contributed by atoms with Crippen LogP contribution in [0.25, 0.3) is 54.9 Å². The minimum Gasteiger partial charge on any atom is -0.310 e. The Balaban J connectivity index is 1.01. The van der Waals surface area contributed by atoms with Crippen molar-refractivity contribution in [2.24, 2.45) is 0 Å². The molecule has 0 aliphatic carbocycles. The molecular formula is C58H44N2Si. The summed E-state index contributed by atoms with van der Waals surface area (Å²) in [6, 6.07) is 84.4. The molecule has 0 saturated carbocycles. The first-order chi connectivity index (χ1) is 30.0. The van der Waals surface area contributed by atoms with Gasteiger partial charge in [0.2, 0.25) is 0 Å². The number of hydrogen-bond donors (Lipinski definition) is 0. The third-order valence-corrected chi connectivity index (χ3v) is 16.1. The molecule has 10 aromatic carbocycles. The van der Waals surface area contributed by atoms with Crippen molar-refractivity contribution in [1.82, 2.24) is 0 Å². The molecule has 290 valence electrons. The minimum atomic E-state index is -2.17. The van der Waals surface area contributed by atoms with Crippen molar-refractivity contribution in [1.29, 1.82) is 0 Å². The Bertz CT molecular complexity index is 3210. The average molecular weight is 797 g/mol. The number of rotatable bonds is 8. The first-order valence-corrected chi connectivity index (χ1v) is 24.2. The first kappa shape index (κ1) is 36.6. The number of para-hydroxylation sites is 3. The lowest BCUT2D eigenvalue weighted by molar-refractivity contribution is 1.28. The van der Waals surface area contributed by atoms with Crippen LogP contribution < -0.4 is 20.2 Å². The van der Waals surface area contributed by atoms with Crippen LogP contribution in [-0.2, 0) is 0 Å². The Hall–Kier alpha value is -7.46. The fourth-order valence-corrected chi connectivity index (χ4v) is 12.7. The summed E-state index contributed by atoms with van der Waals surface area (Å²) < 4.78 is 0. The summed E-state index contributed by atoms with van der Waals surface area (Å²) in [5, 5.41) is 8.17. The van der Waals surface area contributed by atoms with Crippen LogP contribution in [0.1, 0.15) is 0 Å². The number of nitrogens with zero attached hydrogens (tertiary/aromatic N) is 2. The molecule has 0 fully saturated rings. The highest BCUT2D eigenvalue weighted by Gasteiger charge is 2.36. The van der Waals surface area contributed by atoms with E-state index in [0.29, 0.717) is 0 Å². The molecule has 0 bridgehead atoms. The molecule has 0 saturated heterocycles. The van der Waals surface area contributed by atoms with Gasteiger partial charge in [0, 0.05) is 34.0 Å². The van der Waals surface area contributed by atoms with Gasteiger partial charge >= 0.3 is 0 Å². The van der Waals surface area contributed by atoms with Crippen LogP contribution in [0.4, 0.5) is 34.1 Å². The Morgan fingerprint density at radius 1 is 0.311 bits per heavy atom. The third-order valence-electron chi connectivity index (χ3n) is 12.6. The number of fused-ring (bicyclic) bond motifs is 3. The maximum absolute atomic E-state index is 2.53. The van der Waals surface area contributed by atoms with E-state index in [1.54, 1.807) is 0 Å². The van der Waals surface area contributed by atoms with Gasteiger partial charge < -0.3 is 9.80 Å². The third kappa shape index (κ3) is 6.33. The zero-order chi connectivity index (χ0) is 40.9. The summed E-state index contributed by atoms with van der Waals surface area (Å²) in [4.78, 5) is 4.79. The number of anilines is 6. The molecule has 0 aromatic heterocycles. The van der Waals surface area contributed by atoms with Crippen molar-refractivity contribution in [2.75, 3.05) is 9.80 Å². The van der Waals surface area contributed by atoms with Gasteiger partial charge in [0.1, 0.15) is 8.07 Å². The summed E-state index contributed by atoms with van der Waals surface area (Å²) in [5.41, 5.74) is 14.4. The van der Waals surface area contributed by atoms with Gasteiger partial charge in [-0.1, -0.05) is 177 Å². The fourth-order valence-electron chi connectivity index (χ4n) is 9.64. The second kappa shape index (κ2) is 15.0. The molecule has 0 N–H and O–H groups in total. The second-order valence-corrected chi connectivity index (χ2v) is 20.9. The molecule has 0 atom stereocenters. The van der Waals surface area contributed by atoms with E-state index in [9.17, 15) is 0 Å². The summed E-state index contributed by atoms with van der Waals surface area (Å²) >= 11 is 0. The van der Waals surface area contributed by atoms with E-state index in [1.165, 1.54) is 71.0 Å². The largest absolute Gasteiger partial charge is 0.310 e. The number of benzene rings is 10. The van der Waals surface area contributed by atoms with Crippen LogP contribution in [0.5, 0.6) is 0 Å². The van der Waals surface area contributed by atoms with Gasteiger partial charge in [-0.15, -0.1) is 0 Å². The standard InChI is InChI=1S/C58H44N2Si/c1-61(2)56-28-16-26-53-50(43-30-32-47(33-31-43)60(46-23-10-5-11-24-46)55-27-15-14-25-51(55)42-18-6-3-7-19-42)37-38-54(58(53)56)52-36-35-49(40-57(52)61)59(45-21-8-4-9-22-45)48-34-29-41-17-12-13-20-44(41)39-48/h3-40H,1-2H3. The van der Waals surface area contributed by atoms with Gasteiger partial charge in [0.25, 0.3) is 0 Å². The van der Waals surface area contributed by atoms with Gasteiger partial charge in [-0.25, -0.2) is 0 Å². The van der Waals surface area contributed by atoms with Crippen LogP contribution >= 0.6 is 0 Å². The molecule has 61 heavy (non-hydrogen) atoms. The van der Waals surface area contributed by atoms with Crippen LogP contribution in [-0.4, -0.2) is 8.07 Å². The van der Waals surface area contributed by atoms with Gasteiger partial charge in [-0.2, -0.15) is 0 Å². The predicted octanol–water partition coefficient (Wildman–Crippen LogP) is 15.1. The Morgan fingerprint density at radius 2 is 0.852 bits per heavy atom. The highest BCUT2D eigenvalue weighted by Crippen LogP contribution is 2.44. The molecule has 0 unspecified atom stereocenters. The van der Waals surface area contributed by atoms with Crippen molar-refractivity contribution >= 4 is 74.1 Å². The molecule has 1 aliphatic rings. The molecule has 1 heterocycles. The predicted molar refractivity (Wildman–Crippen MR) is 264 cm³/mol. The van der Waals surface area contributed by atoms with Crippen LogP contribution in [0.2, 0.25) is 13.1 Å². The SMILES string of the molecule is C[Si]1(C)c2cc(N(c3ccccc3)c3ccc4ccccc4c3)ccc2-c2ccc(-c3ccc(N(c4ccccc4)c4ccccc4-c4ccccc4)cc3)c3cccc1c23. The van der Waals surface area contributed by atoms with Crippen LogP contribution in [0.15, 0.2) is 231 Å². The van der Waals surface area contributed by atoms with E-state index in [2.05, 4.69) is 253 Å². The monoisotopic (exact) mass is 796 g/mol. The topological polar surface area (TPSA) is 6.48 Å². The van der Waals surface area contributed by atoms with Gasteiger partial charge in [0.15, 0.2) is 0 Å².